The molecule has 0 saturated carbocycles. The quantitative estimate of drug-likeness (QED) is 0.354. The largest absolute Gasteiger partial charge is 0.466 e. The van der Waals surface area contributed by atoms with Crippen molar-refractivity contribution < 1.29 is 14.5 Å². The molecule has 7 nitrogen and oxygen atoms in total. The normalized spacial score (nSPS) is 11.4. The standard InChI is InChI=1S/C9H10ClN3O4/c1-6(9(14)17-2)3-4-12-5-7(10)8(11-12)13(15)16/h3,5H,4H2,1-2H3. The Morgan fingerprint density at radius 3 is 2.88 bits per heavy atom. The Kier molecular flexibility index (Phi) is 4.22. The second-order valence-electron chi connectivity index (χ2n) is 3.16. The van der Waals surface area contributed by atoms with Crippen LogP contribution >= 0.6 is 11.6 Å². The molecule has 0 aliphatic heterocycles. The maximum atomic E-state index is 11.1. The number of halogens is 1. The molecular weight excluding hydrogens is 250 g/mol. The van der Waals surface area contributed by atoms with Gasteiger partial charge in [0.2, 0.25) is 0 Å². The summed E-state index contributed by atoms with van der Waals surface area (Å²) in [6.07, 6.45) is 2.86. The second kappa shape index (κ2) is 5.44. The van der Waals surface area contributed by atoms with Crippen LogP contribution in [0.4, 0.5) is 5.82 Å². The van der Waals surface area contributed by atoms with Gasteiger partial charge in [-0.25, -0.2) is 4.79 Å². The zero-order chi connectivity index (χ0) is 13.0. The Bertz CT molecular complexity index is 481. The number of hydrogen-bond acceptors (Lipinski definition) is 5. The predicted molar refractivity (Wildman–Crippen MR) is 59.7 cm³/mol. The third-order valence-corrected chi connectivity index (χ3v) is 2.23. The number of carbonyl (C=O) groups excluding carboxylic acids is 1. The van der Waals surface area contributed by atoms with E-state index in [1.54, 1.807) is 13.0 Å². The molecule has 0 N–H and O–H groups in total. The van der Waals surface area contributed by atoms with Crippen LogP contribution in [0, 0.1) is 10.1 Å². The van der Waals surface area contributed by atoms with Crippen molar-refractivity contribution in [3.63, 3.8) is 0 Å². The fourth-order valence-corrected chi connectivity index (χ4v) is 1.30. The molecule has 1 aromatic heterocycles. The lowest BCUT2D eigenvalue weighted by Crippen LogP contribution is -2.04. The van der Waals surface area contributed by atoms with E-state index in [-0.39, 0.29) is 11.6 Å². The highest BCUT2D eigenvalue weighted by atomic mass is 35.5. The van der Waals surface area contributed by atoms with Crippen LogP contribution in [0.2, 0.25) is 5.02 Å². The Morgan fingerprint density at radius 1 is 1.76 bits per heavy atom. The molecule has 1 aromatic rings. The molecule has 0 atom stereocenters. The first-order chi connectivity index (χ1) is 7.95. The third kappa shape index (κ3) is 3.28. The van der Waals surface area contributed by atoms with Gasteiger partial charge in [0.15, 0.2) is 5.02 Å². The van der Waals surface area contributed by atoms with Gasteiger partial charge >= 0.3 is 11.8 Å². The van der Waals surface area contributed by atoms with E-state index in [0.717, 1.165) is 0 Å². The molecule has 0 saturated heterocycles. The van der Waals surface area contributed by atoms with Gasteiger partial charge in [0.1, 0.15) is 0 Å². The number of nitrogens with zero attached hydrogens (tertiary/aromatic N) is 3. The van der Waals surface area contributed by atoms with Gasteiger partial charge in [-0.05, 0) is 11.8 Å². The first-order valence-corrected chi connectivity index (χ1v) is 4.96. The van der Waals surface area contributed by atoms with Crippen LogP contribution < -0.4 is 0 Å². The number of rotatable bonds is 4. The molecule has 0 aromatic carbocycles. The highest BCUT2D eigenvalue weighted by Gasteiger charge is 2.18. The minimum absolute atomic E-state index is 0.0425. The topological polar surface area (TPSA) is 87.3 Å². The minimum atomic E-state index is -0.671. The van der Waals surface area contributed by atoms with Crippen molar-refractivity contribution in [3.05, 3.63) is 33.0 Å². The fourth-order valence-electron chi connectivity index (χ4n) is 1.08. The number of nitro groups is 1. The molecule has 0 radical (unpaired) electrons. The third-order valence-electron chi connectivity index (χ3n) is 1.96. The maximum Gasteiger partial charge on any atom is 0.408 e. The number of hydrogen-bond donors (Lipinski definition) is 0. The Morgan fingerprint density at radius 2 is 2.41 bits per heavy atom. The highest BCUT2D eigenvalue weighted by molar-refractivity contribution is 6.32. The van der Waals surface area contributed by atoms with Crippen LogP contribution in [0.3, 0.4) is 0 Å². The molecule has 0 amide bonds. The van der Waals surface area contributed by atoms with Gasteiger partial charge in [-0.3, -0.25) is 0 Å². The lowest BCUT2D eigenvalue weighted by atomic mass is 10.3. The summed E-state index contributed by atoms with van der Waals surface area (Å²) in [5.41, 5.74) is 0.391. The molecule has 0 bridgehead atoms. The van der Waals surface area contributed by atoms with Gasteiger partial charge in [-0.15, -0.1) is 0 Å². The second-order valence-corrected chi connectivity index (χ2v) is 3.57. The summed E-state index contributed by atoms with van der Waals surface area (Å²) < 4.78 is 5.77. The average molecular weight is 260 g/mol. The van der Waals surface area contributed by atoms with Gasteiger partial charge in [0.25, 0.3) is 0 Å². The van der Waals surface area contributed by atoms with E-state index in [2.05, 4.69) is 9.84 Å². The van der Waals surface area contributed by atoms with Crippen LogP contribution in [0.1, 0.15) is 6.92 Å². The number of carbonyl (C=O) groups is 1. The molecule has 0 aliphatic carbocycles. The molecule has 0 fully saturated rings. The summed E-state index contributed by atoms with van der Waals surface area (Å²) >= 11 is 5.61. The van der Waals surface area contributed by atoms with Crippen LogP contribution in [-0.2, 0) is 16.1 Å². The molecule has 0 spiro atoms. The number of allylic oxidation sites excluding steroid dienone is 1. The van der Waals surface area contributed by atoms with Crippen LogP contribution in [0.15, 0.2) is 17.8 Å². The van der Waals surface area contributed by atoms with E-state index < -0.39 is 16.7 Å². The van der Waals surface area contributed by atoms with Crippen molar-refractivity contribution >= 4 is 23.4 Å². The molecule has 8 heteroatoms. The fraction of sp³-hybridized carbons (Fsp3) is 0.333. The zero-order valence-corrected chi connectivity index (χ0v) is 9.97. The predicted octanol–water partition coefficient (Wildman–Crippen LogP) is 1.56. The summed E-state index contributed by atoms with van der Waals surface area (Å²) in [5.74, 6) is -0.867. The zero-order valence-electron chi connectivity index (χ0n) is 9.21. The van der Waals surface area contributed by atoms with Gasteiger partial charge in [0, 0.05) is 5.57 Å². The van der Waals surface area contributed by atoms with Gasteiger partial charge in [-0.1, -0.05) is 17.7 Å². The minimum Gasteiger partial charge on any atom is -0.466 e. The van der Waals surface area contributed by atoms with Crippen LogP contribution in [-0.4, -0.2) is 27.8 Å². The molecular formula is C9H10ClN3O4. The lowest BCUT2D eigenvalue weighted by Gasteiger charge is -1.97. The molecule has 0 aliphatic rings. The van der Waals surface area contributed by atoms with E-state index in [1.165, 1.54) is 18.0 Å². The van der Waals surface area contributed by atoms with Crippen molar-refractivity contribution in [2.75, 3.05) is 7.11 Å². The molecule has 92 valence electrons. The summed E-state index contributed by atoms with van der Waals surface area (Å²) in [5, 5.41) is 14.1. The lowest BCUT2D eigenvalue weighted by molar-refractivity contribution is -0.389. The van der Waals surface area contributed by atoms with Crippen LogP contribution in [0.5, 0.6) is 0 Å². The summed E-state index contributed by atoms with van der Waals surface area (Å²) in [6, 6.07) is 0. The Labute approximate surface area is 102 Å². The first kappa shape index (κ1) is 13.2. The van der Waals surface area contributed by atoms with Crippen molar-refractivity contribution in [1.82, 2.24) is 9.78 Å². The number of aromatic nitrogens is 2. The highest BCUT2D eigenvalue weighted by Crippen LogP contribution is 2.21. The van der Waals surface area contributed by atoms with E-state index in [0.29, 0.717) is 5.57 Å². The summed E-state index contributed by atoms with van der Waals surface area (Å²) in [7, 11) is 1.27. The van der Waals surface area contributed by atoms with Crippen molar-refractivity contribution in [3.8, 4) is 0 Å². The first-order valence-electron chi connectivity index (χ1n) is 4.58. The van der Waals surface area contributed by atoms with Gasteiger partial charge in [0.05, 0.1) is 25.0 Å². The summed E-state index contributed by atoms with van der Waals surface area (Å²) in [6.45, 7) is 1.78. The Balaban J connectivity index is 2.80. The number of methoxy groups -OCH3 is 1. The van der Waals surface area contributed by atoms with E-state index in [1.807, 2.05) is 0 Å². The molecule has 1 heterocycles. The van der Waals surface area contributed by atoms with Crippen molar-refractivity contribution in [2.24, 2.45) is 0 Å². The summed E-state index contributed by atoms with van der Waals surface area (Å²) in [4.78, 5) is 20.9. The number of esters is 1. The SMILES string of the molecule is COC(=O)C(C)=CCn1cc(Cl)c([N+](=O)[O-])n1. The average Bonchev–Trinajstić information content (AvgIpc) is 2.66. The van der Waals surface area contributed by atoms with Crippen molar-refractivity contribution in [1.29, 1.82) is 0 Å². The van der Waals surface area contributed by atoms with Gasteiger partial charge < -0.3 is 14.9 Å². The molecule has 0 unspecified atom stereocenters. The monoisotopic (exact) mass is 259 g/mol. The Hall–Kier alpha value is -1.89. The number of ether oxygens (including phenoxy) is 1. The van der Waals surface area contributed by atoms with E-state index >= 15 is 0 Å². The smallest absolute Gasteiger partial charge is 0.408 e. The van der Waals surface area contributed by atoms with E-state index in [9.17, 15) is 14.9 Å². The van der Waals surface area contributed by atoms with E-state index in [4.69, 9.17) is 11.6 Å². The van der Waals surface area contributed by atoms with Crippen molar-refractivity contribution in [2.45, 2.75) is 13.5 Å². The maximum absolute atomic E-state index is 11.1. The van der Waals surface area contributed by atoms with Gasteiger partial charge in [-0.2, -0.15) is 4.68 Å². The molecule has 1 rings (SSSR count). The molecule has 17 heavy (non-hydrogen) atoms. The van der Waals surface area contributed by atoms with Crippen LogP contribution in [0.25, 0.3) is 0 Å².